The van der Waals surface area contributed by atoms with Gasteiger partial charge in [0, 0.05) is 17.8 Å². The first-order valence-corrected chi connectivity index (χ1v) is 9.35. The number of aromatic nitrogens is 4. The van der Waals surface area contributed by atoms with Crippen molar-refractivity contribution < 1.29 is 9.53 Å². The summed E-state index contributed by atoms with van der Waals surface area (Å²) in [5, 5.41) is 17.2. The number of thiophene rings is 1. The van der Waals surface area contributed by atoms with Gasteiger partial charge in [0.15, 0.2) is 5.82 Å². The van der Waals surface area contributed by atoms with Crippen LogP contribution in [0, 0.1) is 0 Å². The number of amides is 1. The number of hydrogen-bond acceptors (Lipinski definition) is 6. The largest absolute Gasteiger partial charge is 0.495 e. The second-order valence-electron chi connectivity index (χ2n) is 5.91. The number of rotatable bonds is 5. The average Bonchev–Trinajstić information content (AvgIpc) is 3.31. The summed E-state index contributed by atoms with van der Waals surface area (Å²) in [5.74, 6) is 1.17. The number of benzene rings is 1. The van der Waals surface area contributed by atoms with Gasteiger partial charge in [0.25, 0.3) is 5.91 Å². The molecule has 0 radical (unpaired) electrons. The molecule has 2 heterocycles. The summed E-state index contributed by atoms with van der Waals surface area (Å²) in [5.41, 5.74) is 3.37. The molecular weight excluding hydrogens is 374 g/mol. The maximum Gasteiger partial charge on any atom is 0.261 e. The van der Waals surface area contributed by atoms with Crippen LogP contribution >= 0.6 is 22.9 Å². The third kappa shape index (κ3) is 3.06. The Balaban J connectivity index is 1.53. The minimum atomic E-state index is -0.0888. The molecule has 0 aliphatic heterocycles. The lowest BCUT2D eigenvalue weighted by atomic mass is 9.91. The van der Waals surface area contributed by atoms with Gasteiger partial charge in [-0.05, 0) is 47.7 Å². The lowest BCUT2D eigenvalue weighted by Crippen LogP contribution is -2.25. The minimum Gasteiger partial charge on any atom is -0.495 e. The summed E-state index contributed by atoms with van der Waals surface area (Å²) in [6.07, 6.45) is 2.24. The highest BCUT2D eigenvalue weighted by Gasteiger charge is 2.24. The number of tetrazole rings is 1. The maximum atomic E-state index is 12.5. The highest BCUT2D eigenvalue weighted by molar-refractivity contribution is 7.17. The van der Waals surface area contributed by atoms with Crippen LogP contribution < -0.4 is 10.1 Å². The van der Waals surface area contributed by atoms with Gasteiger partial charge in [-0.25, -0.2) is 0 Å². The molecule has 2 N–H and O–H groups in total. The number of nitrogens with one attached hydrogen (secondary N) is 2. The number of nitrogens with zero attached hydrogens (tertiary/aromatic N) is 3. The van der Waals surface area contributed by atoms with Crippen LogP contribution in [-0.4, -0.2) is 40.2 Å². The van der Waals surface area contributed by atoms with E-state index in [1.807, 2.05) is 18.2 Å². The summed E-state index contributed by atoms with van der Waals surface area (Å²) in [6.45, 7) is 0.459. The lowest BCUT2D eigenvalue weighted by molar-refractivity contribution is 0.0958. The van der Waals surface area contributed by atoms with Crippen molar-refractivity contribution in [1.29, 1.82) is 0 Å². The zero-order valence-electron chi connectivity index (χ0n) is 14.0. The summed E-state index contributed by atoms with van der Waals surface area (Å²) >= 11 is 7.96. The van der Waals surface area contributed by atoms with Crippen molar-refractivity contribution in [2.45, 2.75) is 19.3 Å². The molecule has 2 aromatic heterocycles. The molecule has 1 aliphatic carbocycles. The first-order chi connectivity index (χ1) is 12.7. The van der Waals surface area contributed by atoms with Gasteiger partial charge >= 0.3 is 0 Å². The SMILES string of the molecule is COc1ccc2c(c1Cl)CCc1cc(C(=O)NCCc3nn[nH]n3)sc1-2. The third-order valence-electron chi connectivity index (χ3n) is 4.37. The number of aryl methyl sites for hydroxylation is 1. The molecule has 26 heavy (non-hydrogen) atoms. The van der Waals surface area contributed by atoms with Crippen molar-refractivity contribution in [3.63, 3.8) is 0 Å². The normalized spacial score (nSPS) is 12.4. The van der Waals surface area contributed by atoms with Gasteiger partial charge in [0.1, 0.15) is 5.75 Å². The first-order valence-electron chi connectivity index (χ1n) is 8.16. The van der Waals surface area contributed by atoms with E-state index >= 15 is 0 Å². The van der Waals surface area contributed by atoms with Gasteiger partial charge < -0.3 is 10.1 Å². The second-order valence-corrected chi connectivity index (χ2v) is 7.34. The van der Waals surface area contributed by atoms with E-state index in [4.69, 9.17) is 16.3 Å². The van der Waals surface area contributed by atoms with Gasteiger partial charge in [-0.3, -0.25) is 4.79 Å². The molecule has 0 fully saturated rings. The molecule has 9 heteroatoms. The lowest BCUT2D eigenvalue weighted by Gasteiger charge is -2.18. The Morgan fingerprint density at radius 1 is 1.42 bits per heavy atom. The van der Waals surface area contributed by atoms with Gasteiger partial charge in [-0.2, -0.15) is 5.21 Å². The molecule has 0 atom stereocenters. The van der Waals surface area contributed by atoms with E-state index in [0.29, 0.717) is 34.4 Å². The maximum absolute atomic E-state index is 12.5. The minimum absolute atomic E-state index is 0.0888. The number of H-pyrrole nitrogens is 1. The van der Waals surface area contributed by atoms with Crippen LogP contribution in [0.25, 0.3) is 10.4 Å². The molecule has 0 saturated carbocycles. The fourth-order valence-electron chi connectivity index (χ4n) is 3.09. The molecular formula is C17H16ClN5O2S. The van der Waals surface area contributed by atoms with Gasteiger partial charge in [0.2, 0.25) is 0 Å². The molecule has 134 valence electrons. The van der Waals surface area contributed by atoms with Crippen molar-refractivity contribution in [3.8, 4) is 16.2 Å². The topological polar surface area (TPSA) is 92.8 Å². The highest BCUT2D eigenvalue weighted by atomic mass is 35.5. The number of carbonyl (C=O) groups excluding carboxylic acids is 1. The van der Waals surface area contributed by atoms with Crippen molar-refractivity contribution in [2.75, 3.05) is 13.7 Å². The molecule has 7 nitrogen and oxygen atoms in total. The molecule has 4 rings (SSSR count). The Kier molecular flexibility index (Phi) is 4.60. The van der Waals surface area contributed by atoms with Crippen molar-refractivity contribution in [2.24, 2.45) is 0 Å². The van der Waals surface area contributed by atoms with E-state index < -0.39 is 0 Å². The molecule has 1 amide bonds. The molecule has 1 aromatic carbocycles. The fourth-order valence-corrected chi connectivity index (χ4v) is 4.61. The molecule has 3 aromatic rings. The Hall–Kier alpha value is -2.45. The van der Waals surface area contributed by atoms with Crippen LogP contribution in [0.15, 0.2) is 18.2 Å². The summed E-state index contributed by atoms with van der Waals surface area (Å²) < 4.78 is 5.31. The van der Waals surface area contributed by atoms with Gasteiger partial charge in [-0.15, -0.1) is 21.5 Å². The quantitative estimate of drug-likeness (QED) is 0.699. The van der Waals surface area contributed by atoms with Crippen LogP contribution in [-0.2, 0) is 19.3 Å². The zero-order chi connectivity index (χ0) is 18.1. The Bertz CT molecular complexity index is 954. The monoisotopic (exact) mass is 389 g/mol. The van der Waals surface area contributed by atoms with Crippen molar-refractivity contribution >= 4 is 28.8 Å². The van der Waals surface area contributed by atoms with E-state index in [2.05, 4.69) is 25.9 Å². The van der Waals surface area contributed by atoms with E-state index in [-0.39, 0.29) is 5.91 Å². The number of methoxy groups -OCH3 is 1. The Labute approximate surface area is 158 Å². The predicted octanol–water partition coefficient (Wildman–Crippen LogP) is 2.66. The summed E-state index contributed by atoms with van der Waals surface area (Å²) in [7, 11) is 1.62. The third-order valence-corrected chi connectivity index (χ3v) is 6.00. The standard InChI is InChI=1S/C17H16ClN5O2S/c1-25-12-5-4-11-10(15(12)18)3-2-9-8-13(26-16(9)11)17(24)19-7-6-14-20-22-23-21-14/h4-5,8H,2-3,6-7H2,1H3,(H,19,24)(H,20,21,22,23). The highest BCUT2D eigenvalue weighted by Crippen LogP contribution is 2.44. The molecule has 0 saturated heterocycles. The average molecular weight is 390 g/mol. The van der Waals surface area contributed by atoms with Crippen LogP contribution in [0.3, 0.4) is 0 Å². The first kappa shape index (κ1) is 17.0. The van der Waals surface area contributed by atoms with E-state index in [1.54, 1.807) is 7.11 Å². The molecule has 0 spiro atoms. The van der Waals surface area contributed by atoms with Crippen molar-refractivity contribution in [3.05, 3.63) is 45.1 Å². The summed E-state index contributed by atoms with van der Waals surface area (Å²) in [6, 6.07) is 5.87. The molecule has 0 bridgehead atoms. The van der Waals surface area contributed by atoms with Crippen LogP contribution in [0.5, 0.6) is 5.75 Å². The number of fused-ring (bicyclic) bond motifs is 3. The van der Waals surface area contributed by atoms with E-state index in [1.165, 1.54) is 16.9 Å². The second kappa shape index (κ2) is 7.05. The summed E-state index contributed by atoms with van der Waals surface area (Å²) in [4.78, 5) is 14.3. The van der Waals surface area contributed by atoms with Crippen molar-refractivity contribution in [1.82, 2.24) is 25.9 Å². The number of carbonyl (C=O) groups is 1. The Morgan fingerprint density at radius 3 is 3.08 bits per heavy atom. The van der Waals surface area contributed by atoms with E-state index in [0.717, 1.165) is 28.8 Å². The number of halogens is 1. The van der Waals surface area contributed by atoms with Crippen LogP contribution in [0.1, 0.15) is 26.6 Å². The predicted molar refractivity (Wildman–Crippen MR) is 98.9 cm³/mol. The van der Waals surface area contributed by atoms with Gasteiger partial charge in [-0.1, -0.05) is 16.8 Å². The molecule has 1 aliphatic rings. The van der Waals surface area contributed by atoms with Crippen LogP contribution in [0.2, 0.25) is 5.02 Å². The smallest absolute Gasteiger partial charge is 0.261 e. The Morgan fingerprint density at radius 2 is 2.31 bits per heavy atom. The molecule has 0 unspecified atom stereocenters. The number of ether oxygens (including phenoxy) is 1. The fraction of sp³-hybridized carbons (Fsp3) is 0.294. The number of hydrogen-bond donors (Lipinski definition) is 2. The zero-order valence-corrected chi connectivity index (χ0v) is 15.6. The van der Waals surface area contributed by atoms with Gasteiger partial charge in [0.05, 0.1) is 17.0 Å². The van der Waals surface area contributed by atoms with E-state index in [9.17, 15) is 4.79 Å². The van der Waals surface area contributed by atoms with Crippen LogP contribution in [0.4, 0.5) is 0 Å². The number of aromatic amines is 1.